The highest BCUT2D eigenvalue weighted by Crippen LogP contribution is 2.26. The first-order valence-electron chi connectivity index (χ1n) is 4.85. The van der Waals surface area contributed by atoms with E-state index in [2.05, 4.69) is 28.6 Å². The number of nitrogens with two attached hydrogens (primary N) is 1. The predicted molar refractivity (Wildman–Crippen MR) is 70.9 cm³/mol. The first-order valence-corrected chi connectivity index (χ1v) is 4.85. The summed E-state index contributed by atoms with van der Waals surface area (Å²) in [6.45, 7) is 0. The molecule has 0 aliphatic heterocycles. The fourth-order valence-corrected chi connectivity index (χ4v) is 1.94. The van der Waals surface area contributed by atoms with Gasteiger partial charge in [-0.25, -0.2) is 0 Å². The molecule has 0 amide bonds. The smallest absolute Gasteiger partial charge is 0.0506 e. The highest BCUT2D eigenvalue weighted by Gasteiger charge is 2.02. The summed E-state index contributed by atoms with van der Waals surface area (Å²) >= 11 is 0. The van der Waals surface area contributed by atoms with Crippen LogP contribution < -0.4 is 11.3 Å². The summed E-state index contributed by atoms with van der Waals surface area (Å²) in [7, 11) is 0. The number of rotatable bonds is 1. The van der Waals surface area contributed by atoms with Crippen LogP contribution in [-0.2, 0) is 0 Å². The average Bonchev–Trinajstić information content (AvgIpc) is 2.66. The second-order valence-electron chi connectivity index (χ2n) is 3.58. The summed E-state index contributed by atoms with van der Waals surface area (Å²) in [4.78, 5) is 3.36. The van der Waals surface area contributed by atoms with E-state index in [0.717, 1.165) is 16.7 Å². The van der Waals surface area contributed by atoms with Gasteiger partial charge in [0.05, 0.1) is 5.69 Å². The van der Waals surface area contributed by atoms with Crippen LogP contribution in [0, 0.1) is 0 Å². The fraction of sp³-hybridized carbons (Fsp3) is 0. The van der Waals surface area contributed by atoms with Crippen LogP contribution in [0.15, 0.2) is 42.5 Å². The maximum absolute atomic E-state index is 5.37. The van der Waals surface area contributed by atoms with Gasteiger partial charge in [-0.3, -0.25) is 5.84 Å². The van der Waals surface area contributed by atoms with Gasteiger partial charge in [0.15, 0.2) is 0 Å². The van der Waals surface area contributed by atoms with Crippen molar-refractivity contribution in [2.24, 2.45) is 5.84 Å². The number of nitrogen functional groups attached to an aromatic ring is 1. The number of hydrogen-bond donors (Lipinski definition) is 3. The molecule has 0 saturated heterocycles. The molecule has 0 fully saturated rings. The van der Waals surface area contributed by atoms with Crippen LogP contribution >= 0.6 is 12.4 Å². The molecule has 4 N–H and O–H groups in total. The Kier molecular flexibility index (Phi) is 2.73. The molecule has 3 nitrogen and oxygen atoms in total. The zero-order valence-corrected chi connectivity index (χ0v) is 9.34. The number of hydrogen-bond acceptors (Lipinski definition) is 2. The van der Waals surface area contributed by atoms with Crippen LogP contribution in [0.2, 0.25) is 0 Å². The molecule has 0 unspecified atom stereocenters. The van der Waals surface area contributed by atoms with Gasteiger partial charge in [-0.1, -0.05) is 24.3 Å². The van der Waals surface area contributed by atoms with E-state index in [1.807, 2.05) is 24.3 Å². The number of hydrazine groups is 1. The van der Waals surface area contributed by atoms with Gasteiger partial charge in [0.25, 0.3) is 0 Å². The topological polar surface area (TPSA) is 53.8 Å². The molecular weight excluding hydrogens is 222 g/mol. The molecule has 3 rings (SSSR count). The van der Waals surface area contributed by atoms with Crippen LogP contribution in [-0.4, -0.2) is 4.98 Å². The summed E-state index contributed by atoms with van der Waals surface area (Å²) in [6, 6.07) is 14.3. The summed E-state index contributed by atoms with van der Waals surface area (Å²) in [5.74, 6) is 5.37. The lowest BCUT2D eigenvalue weighted by atomic mass is 10.1. The van der Waals surface area contributed by atoms with E-state index in [1.54, 1.807) is 0 Å². The number of fused-ring (bicyclic) bond motifs is 3. The molecule has 0 aliphatic rings. The van der Waals surface area contributed by atoms with Crippen molar-refractivity contribution in [1.82, 2.24) is 4.98 Å². The highest BCUT2D eigenvalue weighted by atomic mass is 35.5. The van der Waals surface area contributed by atoms with Crippen molar-refractivity contribution in [3.8, 4) is 0 Å². The van der Waals surface area contributed by atoms with Crippen molar-refractivity contribution < 1.29 is 0 Å². The van der Waals surface area contributed by atoms with Crippen molar-refractivity contribution in [3.63, 3.8) is 0 Å². The van der Waals surface area contributed by atoms with E-state index in [-0.39, 0.29) is 12.4 Å². The largest absolute Gasteiger partial charge is 0.354 e. The quantitative estimate of drug-likeness (QED) is 0.447. The molecular formula is C12H12ClN3. The van der Waals surface area contributed by atoms with Crippen LogP contribution in [0.4, 0.5) is 5.69 Å². The van der Waals surface area contributed by atoms with Gasteiger partial charge in [0.1, 0.15) is 0 Å². The molecule has 0 spiro atoms. The highest BCUT2D eigenvalue weighted by molar-refractivity contribution is 6.07. The van der Waals surface area contributed by atoms with Gasteiger partial charge >= 0.3 is 0 Å². The van der Waals surface area contributed by atoms with E-state index >= 15 is 0 Å². The zero-order valence-electron chi connectivity index (χ0n) is 8.53. The lowest BCUT2D eigenvalue weighted by molar-refractivity contribution is 1.36. The normalized spacial score (nSPS) is 10.3. The van der Waals surface area contributed by atoms with Crippen molar-refractivity contribution in [2.45, 2.75) is 0 Å². The van der Waals surface area contributed by atoms with Crippen molar-refractivity contribution in [3.05, 3.63) is 42.5 Å². The Hall–Kier alpha value is -1.71. The number of halogens is 1. The minimum absolute atomic E-state index is 0. The lowest BCUT2D eigenvalue weighted by Crippen LogP contribution is -2.05. The molecule has 4 heteroatoms. The molecule has 16 heavy (non-hydrogen) atoms. The number of benzene rings is 2. The second kappa shape index (κ2) is 4.04. The molecule has 0 bridgehead atoms. The van der Waals surface area contributed by atoms with Crippen LogP contribution in [0.3, 0.4) is 0 Å². The molecule has 1 aromatic heterocycles. The van der Waals surface area contributed by atoms with E-state index < -0.39 is 0 Å². The maximum atomic E-state index is 5.37. The van der Waals surface area contributed by atoms with Gasteiger partial charge in [0, 0.05) is 21.8 Å². The van der Waals surface area contributed by atoms with E-state index in [4.69, 9.17) is 5.84 Å². The number of aromatic amines is 1. The SMILES string of the molecule is Cl.NNc1ccc2c(c1)[nH]c1ccccc12. The van der Waals surface area contributed by atoms with Crippen LogP contribution in [0.25, 0.3) is 21.8 Å². The van der Waals surface area contributed by atoms with E-state index in [9.17, 15) is 0 Å². The summed E-state index contributed by atoms with van der Waals surface area (Å²) < 4.78 is 0. The van der Waals surface area contributed by atoms with Gasteiger partial charge in [-0.2, -0.15) is 0 Å². The minimum atomic E-state index is 0. The van der Waals surface area contributed by atoms with Crippen LogP contribution in [0.1, 0.15) is 0 Å². The predicted octanol–water partition coefficient (Wildman–Crippen LogP) is 3.03. The van der Waals surface area contributed by atoms with Gasteiger partial charge in [-0.15, -0.1) is 12.4 Å². The Labute approximate surface area is 99.0 Å². The third kappa shape index (κ3) is 1.50. The number of aromatic nitrogens is 1. The number of anilines is 1. The fourth-order valence-electron chi connectivity index (χ4n) is 1.94. The molecule has 0 saturated carbocycles. The Bertz CT molecular complexity index is 630. The van der Waals surface area contributed by atoms with E-state index in [1.165, 1.54) is 10.8 Å². The lowest BCUT2D eigenvalue weighted by Gasteiger charge is -1.98. The minimum Gasteiger partial charge on any atom is -0.354 e. The first-order chi connectivity index (χ1) is 7.38. The maximum Gasteiger partial charge on any atom is 0.0506 e. The number of nitrogens with one attached hydrogen (secondary N) is 2. The molecule has 0 atom stereocenters. The Morgan fingerprint density at radius 3 is 2.50 bits per heavy atom. The Morgan fingerprint density at radius 1 is 0.938 bits per heavy atom. The van der Waals surface area contributed by atoms with Gasteiger partial charge in [-0.05, 0) is 18.2 Å². The van der Waals surface area contributed by atoms with Crippen LogP contribution in [0.5, 0.6) is 0 Å². The molecule has 0 aliphatic carbocycles. The molecule has 0 radical (unpaired) electrons. The average molecular weight is 234 g/mol. The summed E-state index contributed by atoms with van der Waals surface area (Å²) in [5, 5.41) is 2.47. The van der Waals surface area contributed by atoms with Crippen molar-refractivity contribution in [1.29, 1.82) is 0 Å². The third-order valence-electron chi connectivity index (χ3n) is 2.67. The Morgan fingerprint density at radius 2 is 1.69 bits per heavy atom. The van der Waals surface area contributed by atoms with E-state index in [0.29, 0.717) is 0 Å². The molecule has 3 aromatic rings. The third-order valence-corrected chi connectivity index (χ3v) is 2.67. The molecule has 1 heterocycles. The second-order valence-corrected chi connectivity index (χ2v) is 3.58. The first kappa shape index (κ1) is 10.8. The van der Waals surface area contributed by atoms with Crippen molar-refractivity contribution >= 4 is 39.9 Å². The van der Waals surface area contributed by atoms with Gasteiger partial charge < -0.3 is 10.4 Å². The molecule has 2 aromatic carbocycles. The monoisotopic (exact) mass is 233 g/mol. The summed E-state index contributed by atoms with van der Waals surface area (Å²) in [5.41, 5.74) is 5.81. The summed E-state index contributed by atoms with van der Waals surface area (Å²) in [6.07, 6.45) is 0. The number of para-hydroxylation sites is 1. The number of H-pyrrole nitrogens is 1. The Balaban J connectivity index is 0.000000963. The molecule has 82 valence electrons. The van der Waals surface area contributed by atoms with Gasteiger partial charge in [0.2, 0.25) is 0 Å². The van der Waals surface area contributed by atoms with Crippen molar-refractivity contribution in [2.75, 3.05) is 5.43 Å². The zero-order chi connectivity index (χ0) is 10.3. The standard InChI is InChI=1S/C12H11N3.ClH/c13-15-8-5-6-10-9-3-1-2-4-11(9)14-12(10)7-8;/h1-7,14-15H,13H2;1H.